The van der Waals surface area contributed by atoms with Crippen molar-refractivity contribution in [1.29, 1.82) is 0 Å². The van der Waals surface area contributed by atoms with Crippen molar-refractivity contribution in [3.8, 4) is 0 Å². The lowest BCUT2D eigenvalue weighted by Crippen LogP contribution is -2.37. The number of hydrogen-bond donors (Lipinski definition) is 4. The van der Waals surface area contributed by atoms with Gasteiger partial charge in [0.2, 0.25) is 11.6 Å². The molecule has 0 saturated heterocycles. The number of ether oxygens (including phenoxy) is 3. The van der Waals surface area contributed by atoms with Crippen LogP contribution in [0.25, 0.3) is 0 Å². The molecule has 0 saturated carbocycles. The lowest BCUT2D eigenvalue weighted by atomic mass is 9.85. The summed E-state index contributed by atoms with van der Waals surface area (Å²) in [7, 11) is 2.93. The molecule has 1 aliphatic carbocycles. The van der Waals surface area contributed by atoms with Crippen LogP contribution in [0.2, 0.25) is 0 Å². The van der Waals surface area contributed by atoms with E-state index in [4.69, 9.17) is 43.1 Å². The van der Waals surface area contributed by atoms with Gasteiger partial charge in [-0.2, -0.15) is 0 Å². The van der Waals surface area contributed by atoms with Crippen molar-refractivity contribution in [2.45, 2.75) is 71.5 Å². The van der Waals surface area contributed by atoms with Gasteiger partial charge >= 0.3 is 6.09 Å². The molecule has 2 bridgehead atoms. The smallest absolute Gasteiger partial charge is 0.405 e. The number of anilines is 1. The molecule has 1 heterocycles. The third-order valence-corrected chi connectivity index (χ3v) is 9.61. The molecule has 1 aromatic rings. The van der Waals surface area contributed by atoms with Crippen molar-refractivity contribution in [2.75, 3.05) is 44.0 Å². The molecule has 0 fully saturated rings. The number of fused-ring (bicyclic) bond motifs is 2. The topological polar surface area (TPSA) is 170 Å². The highest BCUT2D eigenvalue weighted by Gasteiger charge is 2.33. The molecule has 0 spiro atoms. The monoisotopic (exact) mass is 774 g/mol. The number of methoxy groups -OCH3 is 2. The van der Waals surface area contributed by atoms with E-state index in [0.29, 0.717) is 36.8 Å². The third-order valence-electron chi connectivity index (χ3n) is 9.27. The van der Waals surface area contributed by atoms with Crippen molar-refractivity contribution in [3.05, 3.63) is 88.3 Å². The number of Topliss-reactive ketones (excluding diaryl/α,β-unsaturated/α-hetero) is 1. The minimum absolute atomic E-state index is 0.142. The van der Waals surface area contributed by atoms with Gasteiger partial charge in [-0.05, 0) is 55.9 Å². The quantitative estimate of drug-likeness (QED) is 0.139. The number of benzene rings is 1. The Kier molecular flexibility index (Phi) is 17.3. The number of hydrogen-bond acceptors (Lipinski definition) is 10. The number of alkyl halides is 2. The molecule has 53 heavy (non-hydrogen) atoms. The van der Waals surface area contributed by atoms with E-state index in [1.807, 2.05) is 31.2 Å². The predicted octanol–water partition coefficient (Wildman–Crippen LogP) is 4.84. The van der Waals surface area contributed by atoms with Crippen LogP contribution in [0.1, 0.15) is 46.1 Å². The Balaban J connectivity index is 2.01. The molecule has 6 atom stereocenters. The van der Waals surface area contributed by atoms with Gasteiger partial charge in [-0.1, -0.05) is 50.3 Å². The number of aliphatic hydroxyl groups excluding tert-OH is 1. The van der Waals surface area contributed by atoms with Crippen LogP contribution in [0, 0.1) is 11.8 Å². The van der Waals surface area contributed by atoms with Gasteiger partial charge in [-0.15, -0.1) is 23.2 Å². The van der Waals surface area contributed by atoms with Crippen LogP contribution in [0.3, 0.4) is 0 Å². The van der Waals surface area contributed by atoms with Crippen molar-refractivity contribution in [3.63, 3.8) is 0 Å². The highest BCUT2D eigenvalue weighted by molar-refractivity contribution is 6.23. The summed E-state index contributed by atoms with van der Waals surface area (Å²) in [6.07, 6.45) is 3.63. The van der Waals surface area contributed by atoms with E-state index in [2.05, 4.69) is 15.5 Å². The van der Waals surface area contributed by atoms with Crippen LogP contribution in [-0.2, 0) is 35.1 Å². The van der Waals surface area contributed by atoms with Crippen molar-refractivity contribution >= 4 is 52.5 Å². The van der Waals surface area contributed by atoms with E-state index in [-0.39, 0.29) is 41.4 Å². The summed E-state index contributed by atoms with van der Waals surface area (Å²) in [6, 6.07) is 7.76. The maximum Gasteiger partial charge on any atom is 0.405 e. The van der Waals surface area contributed by atoms with Gasteiger partial charge in [-0.25, -0.2) is 4.79 Å². The summed E-state index contributed by atoms with van der Waals surface area (Å²) < 4.78 is 16.7. The largest absolute Gasteiger partial charge is 0.439 e. The molecule has 14 heteroatoms. The number of nitrogens with one attached hydrogen (secondary N) is 2. The van der Waals surface area contributed by atoms with E-state index in [1.165, 1.54) is 20.3 Å². The molecule has 12 nitrogen and oxygen atoms in total. The maximum absolute atomic E-state index is 14.0. The zero-order valence-electron chi connectivity index (χ0n) is 31.2. The van der Waals surface area contributed by atoms with Gasteiger partial charge in [0.25, 0.3) is 5.91 Å². The number of ketones is 2. The molecule has 1 aliphatic heterocycles. The van der Waals surface area contributed by atoms with Crippen molar-refractivity contribution in [1.82, 2.24) is 10.6 Å². The number of allylic oxidation sites excluding steroid dienone is 4. The lowest BCUT2D eigenvalue weighted by Gasteiger charge is -2.30. The summed E-state index contributed by atoms with van der Waals surface area (Å²) in [5, 5.41) is 17.2. The van der Waals surface area contributed by atoms with Gasteiger partial charge in [0.1, 0.15) is 6.10 Å². The second kappa shape index (κ2) is 21.1. The first kappa shape index (κ1) is 43.5. The highest BCUT2D eigenvalue weighted by atomic mass is 35.5. The maximum atomic E-state index is 14.0. The van der Waals surface area contributed by atoms with Crippen LogP contribution < -0.4 is 21.3 Å². The lowest BCUT2D eigenvalue weighted by molar-refractivity contribution is -0.120. The van der Waals surface area contributed by atoms with Gasteiger partial charge < -0.3 is 40.6 Å². The van der Waals surface area contributed by atoms with Gasteiger partial charge in [0, 0.05) is 74.4 Å². The minimum Gasteiger partial charge on any atom is -0.439 e. The summed E-state index contributed by atoms with van der Waals surface area (Å²) in [6.45, 7) is 8.54. The molecule has 1 aromatic carbocycles. The van der Waals surface area contributed by atoms with Crippen molar-refractivity contribution in [2.24, 2.45) is 17.6 Å². The fourth-order valence-corrected chi connectivity index (χ4v) is 6.78. The van der Waals surface area contributed by atoms with Gasteiger partial charge in [0.15, 0.2) is 6.10 Å². The average molecular weight is 776 g/mol. The number of amides is 2. The second-order valence-electron chi connectivity index (χ2n) is 13.3. The van der Waals surface area contributed by atoms with E-state index in [9.17, 15) is 24.3 Å². The number of rotatable bonds is 11. The standard InChI is InChI=1S/C39H52Cl2N4O8/c1-23-18-29-34(43-22-27-10-12-28(13-11-27)45(16-14-40)17-15-41)31(46)21-30(36(29)48)44-38(49)24(2)8-7-9-32(51-5)37(53-39(42)50)26(4)20-25(3)35(47)33(19-23)52-6/h7-13,20-21,23,25,32-33,35,37,43,47H,14-19,22H2,1-6H3,(H2,42,50)(H,44,49)/b9-7-,24-8+,26-20+/t23-,25+,32+,33+,35-,37+/m1/s1. The number of nitrogens with two attached hydrogens (primary N) is 1. The number of carbonyl (C=O) groups excluding carboxylic acids is 4. The van der Waals surface area contributed by atoms with Crippen LogP contribution >= 0.6 is 23.2 Å². The Morgan fingerprint density at radius 2 is 1.72 bits per heavy atom. The van der Waals surface area contributed by atoms with Gasteiger partial charge in [-0.3, -0.25) is 14.4 Å². The summed E-state index contributed by atoms with van der Waals surface area (Å²) in [4.78, 5) is 54.9. The van der Waals surface area contributed by atoms with Crippen LogP contribution in [0.5, 0.6) is 0 Å². The fourth-order valence-electron chi connectivity index (χ4n) is 6.37. The molecule has 0 unspecified atom stereocenters. The Hall–Kier alpha value is -3.94. The van der Waals surface area contributed by atoms with Gasteiger partial charge in [0.05, 0.1) is 23.6 Å². The summed E-state index contributed by atoms with van der Waals surface area (Å²) in [5.41, 5.74) is 8.25. The molecular weight excluding hydrogens is 723 g/mol. The molecule has 2 aliphatic rings. The van der Waals surface area contributed by atoms with E-state index in [0.717, 1.165) is 17.3 Å². The highest BCUT2D eigenvalue weighted by Crippen LogP contribution is 2.29. The zero-order chi connectivity index (χ0) is 39.2. The summed E-state index contributed by atoms with van der Waals surface area (Å²) >= 11 is 12.0. The van der Waals surface area contributed by atoms with E-state index >= 15 is 0 Å². The Morgan fingerprint density at radius 3 is 2.30 bits per heavy atom. The SMILES string of the molecule is CO[C@H]1/C=C\C=C(/C)C(=O)NC2=CC(=O)C(NCc3ccc(N(CCCl)CCCl)cc3)=C(C[C@@H](C)C[C@H](OC)[C@H](O)[C@@H](C)/C=C(\C)[C@@H]1OC(N)=O)C2=O. The Bertz CT molecular complexity index is 1610. The van der Waals surface area contributed by atoms with E-state index in [1.54, 1.807) is 39.0 Å². The fraction of sp³-hybridized carbons (Fsp3) is 0.487. The number of halogens is 2. The number of aliphatic hydroxyl groups is 1. The second-order valence-corrected chi connectivity index (χ2v) is 14.1. The van der Waals surface area contributed by atoms with Crippen molar-refractivity contribution < 1.29 is 38.5 Å². The molecule has 290 valence electrons. The molecule has 0 radical (unpaired) electrons. The predicted molar refractivity (Wildman–Crippen MR) is 206 cm³/mol. The first-order chi connectivity index (χ1) is 25.2. The Labute approximate surface area is 322 Å². The van der Waals surface area contributed by atoms with E-state index < -0.39 is 53.9 Å². The Morgan fingerprint density at radius 1 is 1.06 bits per heavy atom. The molecule has 0 aromatic heterocycles. The number of primary amides is 1. The minimum atomic E-state index is -1.01. The first-order valence-corrected chi connectivity index (χ1v) is 18.6. The average Bonchev–Trinajstić information content (AvgIpc) is 3.12. The molecule has 3 rings (SSSR count). The molecular formula is C39H52Cl2N4O8. The first-order valence-electron chi connectivity index (χ1n) is 17.5. The number of carbonyl (C=O) groups is 4. The molecule has 5 N–H and O–H groups in total. The number of nitrogens with zero attached hydrogens (tertiary/aromatic N) is 1. The van der Waals surface area contributed by atoms with Crippen LogP contribution in [-0.4, -0.2) is 92.2 Å². The van der Waals surface area contributed by atoms with Crippen LogP contribution in [0.15, 0.2) is 82.8 Å². The van der Waals surface area contributed by atoms with Crippen LogP contribution in [0.4, 0.5) is 10.5 Å². The molecule has 2 amide bonds. The summed E-state index contributed by atoms with van der Waals surface area (Å²) in [5.74, 6) is -1.35. The normalized spacial score (nSPS) is 27.5. The third kappa shape index (κ3) is 12.3. The zero-order valence-corrected chi connectivity index (χ0v) is 32.7.